The Morgan fingerprint density at radius 1 is 1.40 bits per heavy atom. The van der Waals surface area contributed by atoms with E-state index in [2.05, 4.69) is 5.32 Å². The molecular formula is C11H19NO8. The zero-order valence-electron chi connectivity index (χ0n) is 11.1. The first kappa shape index (κ1) is 16.8. The molecule has 0 saturated carbocycles. The second kappa shape index (κ2) is 6.95. The van der Waals surface area contributed by atoms with Crippen LogP contribution in [0.15, 0.2) is 0 Å². The van der Waals surface area contributed by atoms with Crippen molar-refractivity contribution in [1.29, 1.82) is 0 Å². The van der Waals surface area contributed by atoms with E-state index in [0.29, 0.717) is 0 Å². The molecule has 0 spiro atoms. The minimum Gasteiger partial charge on any atom is -0.479 e. The smallest absolute Gasteiger partial charge is 0.332 e. The highest BCUT2D eigenvalue weighted by Gasteiger charge is 2.46. The summed E-state index contributed by atoms with van der Waals surface area (Å²) < 4.78 is 10.1. The molecule has 1 heterocycles. The summed E-state index contributed by atoms with van der Waals surface area (Å²) in [6.07, 6.45) is -6.57. The number of hydrogen-bond donors (Lipinski definition) is 5. The molecule has 1 rings (SSSR count). The quantitative estimate of drug-likeness (QED) is 0.371. The van der Waals surface area contributed by atoms with Gasteiger partial charge >= 0.3 is 5.97 Å². The number of hydrogen-bond acceptors (Lipinski definition) is 7. The van der Waals surface area contributed by atoms with Crippen molar-refractivity contribution in [2.24, 2.45) is 0 Å². The average molecular weight is 293 g/mol. The molecule has 9 nitrogen and oxygen atoms in total. The second-order valence-corrected chi connectivity index (χ2v) is 4.55. The van der Waals surface area contributed by atoms with Crippen LogP contribution < -0.4 is 5.32 Å². The molecular weight excluding hydrogens is 274 g/mol. The zero-order valence-corrected chi connectivity index (χ0v) is 11.1. The molecule has 1 saturated heterocycles. The van der Waals surface area contributed by atoms with E-state index in [4.69, 9.17) is 19.7 Å². The summed E-state index contributed by atoms with van der Waals surface area (Å²) in [7, 11) is 0. The third-order valence-corrected chi connectivity index (χ3v) is 2.95. The van der Waals surface area contributed by atoms with Crippen molar-refractivity contribution in [1.82, 2.24) is 5.32 Å². The molecule has 0 bridgehead atoms. The molecule has 1 aliphatic rings. The van der Waals surface area contributed by atoms with Crippen LogP contribution in [-0.2, 0) is 19.1 Å². The highest BCUT2D eigenvalue weighted by molar-refractivity contribution is 5.73. The molecule has 0 aromatic rings. The van der Waals surface area contributed by atoms with Gasteiger partial charge in [-0.2, -0.15) is 0 Å². The van der Waals surface area contributed by atoms with Crippen LogP contribution in [0.1, 0.15) is 13.8 Å². The van der Waals surface area contributed by atoms with E-state index in [1.165, 1.54) is 13.8 Å². The van der Waals surface area contributed by atoms with Gasteiger partial charge in [0.1, 0.15) is 24.4 Å². The van der Waals surface area contributed by atoms with Gasteiger partial charge in [0, 0.05) is 6.92 Å². The summed E-state index contributed by atoms with van der Waals surface area (Å²) in [5.41, 5.74) is 0. The normalized spacial score (nSPS) is 35.4. The molecule has 0 radical (unpaired) electrons. The SMILES string of the molecule is CC(=O)N[C@@H]1[C@@H](OC(C)C(=O)O)[C@H](O)[C@@H](CO)O[C@@H]1O. The molecule has 1 aliphatic heterocycles. The van der Waals surface area contributed by atoms with Gasteiger partial charge in [0.05, 0.1) is 6.61 Å². The molecule has 20 heavy (non-hydrogen) atoms. The van der Waals surface area contributed by atoms with Crippen LogP contribution >= 0.6 is 0 Å². The molecule has 0 aromatic carbocycles. The largest absolute Gasteiger partial charge is 0.479 e. The Morgan fingerprint density at radius 2 is 2.00 bits per heavy atom. The van der Waals surface area contributed by atoms with Gasteiger partial charge in [0.15, 0.2) is 12.4 Å². The fraction of sp³-hybridized carbons (Fsp3) is 0.818. The molecule has 9 heteroatoms. The number of carboxylic acids is 1. The van der Waals surface area contributed by atoms with Gasteiger partial charge in [0.25, 0.3) is 0 Å². The van der Waals surface area contributed by atoms with Crippen molar-refractivity contribution in [3.8, 4) is 0 Å². The molecule has 5 N–H and O–H groups in total. The van der Waals surface area contributed by atoms with Crippen molar-refractivity contribution < 1.29 is 39.5 Å². The monoisotopic (exact) mass is 293 g/mol. The lowest BCUT2D eigenvalue weighted by atomic mass is 9.96. The van der Waals surface area contributed by atoms with Crippen LogP contribution in [0.3, 0.4) is 0 Å². The maximum absolute atomic E-state index is 11.1. The van der Waals surface area contributed by atoms with Crippen LogP contribution in [0, 0.1) is 0 Å². The van der Waals surface area contributed by atoms with Crippen molar-refractivity contribution in [3.05, 3.63) is 0 Å². The van der Waals surface area contributed by atoms with Gasteiger partial charge in [0.2, 0.25) is 5.91 Å². The maximum Gasteiger partial charge on any atom is 0.332 e. The number of ether oxygens (including phenoxy) is 2. The van der Waals surface area contributed by atoms with Gasteiger partial charge in [-0.25, -0.2) is 4.79 Å². The minimum atomic E-state index is -1.54. The molecule has 6 atom stereocenters. The Bertz CT molecular complexity index is 362. The van der Waals surface area contributed by atoms with E-state index < -0.39 is 55.2 Å². The number of aliphatic carboxylic acids is 1. The molecule has 116 valence electrons. The van der Waals surface area contributed by atoms with Crippen molar-refractivity contribution in [2.75, 3.05) is 6.61 Å². The van der Waals surface area contributed by atoms with Crippen LogP contribution in [0.4, 0.5) is 0 Å². The predicted molar refractivity (Wildman–Crippen MR) is 63.5 cm³/mol. The van der Waals surface area contributed by atoms with Crippen LogP contribution in [0.2, 0.25) is 0 Å². The van der Waals surface area contributed by atoms with Gasteiger partial charge in [-0.1, -0.05) is 0 Å². The number of nitrogens with one attached hydrogen (secondary N) is 1. The molecule has 1 fully saturated rings. The number of rotatable bonds is 5. The van der Waals surface area contributed by atoms with Crippen LogP contribution in [0.25, 0.3) is 0 Å². The lowest BCUT2D eigenvalue weighted by molar-refractivity contribution is -0.267. The van der Waals surface area contributed by atoms with Crippen LogP contribution in [0.5, 0.6) is 0 Å². The van der Waals surface area contributed by atoms with Gasteiger partial charge in [-0.15, -0.1) is 0 Å². The predicted octanol–water partition coefficient (Wildman–Crippen LogP) is -2.58. The Balaban J connectivity index is 2.92. The first-order valence-electron chi connectivity index (χ1n) is 6.05. The summed E-state index contributed by atoms with van der Waals surface area (Å²) in [6.45, 7) is 1.84. The summed E-state index contributed by atoms with van der Waals surface area (Å²) in [4.78, 5) is 21.9. The third-order valence-electron chi connectivity index (χ3n) is 2.95. The molecule has 0 aliphatic carbocycles. The number of amides is 1. The summed E-state index contributed by atoms with van der Waals surface area (Å²) in [5, 5.41) is 40.0. The van der Waals surface area contributed by atoms with Crippen molar-refractivity contribution in [3.63, 3.8) is 0 Å². The first-order chi connectivity index (χ1) is 9.27. The van der Waals surface area contributed by atoms with Gasteiger partial charge < -0.3 is 35.2 Å². The summed E-state index contributed by atoms with van der Waals surface area (Å²) in [5.74, 6) is -1.77. The first-order valence-corrected chi connectivity index (χ1v) is 6.05. The van der Waals surface area contributed by atoms with E-state index in [9.17, 15) is 19.8 Å². The maximum atomic E-state index is 11.1. The van der Waals surface area contributed by atoms with E-state index in [1.807, 2.05) is 0 Å². The molecule has 1 unspecified atom stereocenters. The Morgan fingerprint density at radius 3 is 2.45 bits per heavy atom. The lowest BCUT2D eigenvalue weighted by Crippen LogP contribution is -2.65. The second-order valence-electron chi connectivity index (χ2n) is 4.55. The van der Waals surface area contributed by atoms with Gasteiger partial charge in [-0.05, 0) is 6.92 Å². The van der Waals surface area contributed by atoms with E-state index in [-0.39, 0.29) is 0 Å². The standard InChI is InChI=1S/C11H19NO8/c1-4(10(16)17)19-9-7(12-5(2)14)11(18)20-6(3-13)8(9)15/h4,6-9,11,13,15,18H,3H2,1-2H3,(H,12,14)(H,16,17)/t4?,6-,7-,8-,9-,11+/m1/s1. The fourth-order valence-corrected chi connectivity index (χ4v) is 1.93. The number of carbonyl (C=O) groups excluding carboxylic acids is 1. The molecule has 1 amide bonds. The van der Waals surface area contributed by atoms with Crippen LogP contribution in [-0.4, -0.2) is 75.7 Å². The number of carbonyl (C=O) groups is 2. The minimum absolute atomic E-state index is 0.510. The van der Waals surface area contributed by atoms with E-state index in [1.54, 1.807) is 0 Å². The third kappa shape index (κ3) is 3.87. The topological polar surface area (TPSA) is 146 Å². The highest BCUT2D eigenvalue weighted by Crippen LogP contribution is 2.23. The number of aliphatic hydroxyl groups excluding tert-OH is 3. The fourth-order valence-electron chi connectivity index (χ4n) is 1.93. The summed E-state index contributed by atoms with van der Waals surface area (Å²) >= 11 is 0. The number of aliphatic hydroxyl groups is 3. The number of carboxylic acid groups (broad SMARTS) is 1. The van der Waals surface area contributed by atoms with Crippen molar-refractivity contribution in [2.45, 2.75) is 50.6 Å². The van der Waals surface area contributed by atoms with Crippen molar-refractivity contribution >= 4 is 11.9 Å². The lowest BCUT2D eigenvalue weighted by Gasteiger charge is -2.42. The molecule has 0 aromatic heterocycles. The van der Waals surface area contributed by atoms with E-state index in [0.717, 1.165) is 0 Å². The Labute approximate surface area is 115 Å². The Kier molecular flexibility index (Phi) is 5.84. The summed E-state index contributed by atoms with van der Waals surface area (Å²) in [6, 6.07) is -1.15. The van der Waals surface area contributed by atoms with Gasteiger partial charge in [-0.3, -0.25) is 4.79 Å². The Hall–Kier alpha value is -1.26. The highest BCUT2D eigenvalue weighted by atomic mass is 16.6. The average Bonchev–Trinajstić information content (AvgIpc) is 2.36. The van der Waals surface area contributed by atoms with E-state index >= 15 is 0 Å². The zero-order chi connectivity index (χ0) is 15.4.